The van der Waals surface area contributed by atoms with E-state index in [2.05, 4.69) is 43.6 Å². The minimum atomic E-state index is -0.190. The number of hydrogen-bond donors (Lipinski definition) is 1. The number of phenolic OH excluding ortho intramolecular Hbond substituents is 1. The van der Waals surface area contributed by atoms with Gasteiger partial charge in [0, 0.05) is 3.57 Å². The average Bonchev–Trinajstić information content (AvgIpc) is 2.90. The van der Waals surface area contributed by atoms with Gasteiger partial charge in [0.2, 0.25) is 0 Å². The molecule has 3 rings (SSSR count). The molecule has 1 aliphatic rings. The number of anilines is 1. The summed E-state index contributed by atoms with van der Waals surface area (Å²) in [6.45, 7) is 3.80. The van der Waals surface area contributed by atoms with E-state index in [0.29, 0.717) is 21.5 Å². The Kier molecular flexibility index (Phi) is 5.38. The van der Waals surface area contributed by atoms with Gasteiger partial charge >= 0.3 is 0 Å². The lowest BCUT2D eigenvalue weighted by atomic mass is 10.1. The molecule has 0 saturated heterocycles. The fourth-order valence-corrected chi connectivity index (χ4v) is 3.56. The van der Waals surface area contributed by atoms with Crippen LogP contribution in [0.25, 0.3) is 6.08 Å². The molecule has 0 bridgehead atoms. The topological polar surface area (TPSA) is 62.1 Å². The third-order valence-electron chi connectivity index (χ3n) is 4.03. The van der Waals surface area contributed by atoms with E-state index >= 15 is 0 Å². The molecule has 0 atom stereocenters. The van der Waals surface area contributed by atoms with Crippen LogP contribution in [0, 0.1) is 10.5 Å². The van der Waals surface area contributed by atoms with Crippen LogP contribution in [0.2, 0.25) is 0 Å². The number of methoxy groups -OCH3 is 1. The third-order valence-corrected chi connectivity index (χ3v) is 6.71. The molecule has 2 aromatic carbocycles. The number of carbonyl (C=O) groups is 1. The molecule has 0 fully saturated rings. The summed E-state index contributed by atoms with van der Waals surface area (Å²) in [5.41, 5.74) is 3.74. The van der Waals surface area contributed by atoms with Gasteiger partial charge < -0.3 is 9.84 Å². The molecule has 5 nitrogen and oxygen atoms in total. The molecule has 1 heterocycles. The minimum absolute atomic E-state index is 0.0310. The molecule has 0 saturated carbocycles. The summed E-state index contributed by atoms with van der Waals surface area (Å²) in [6.07, 6.45) is 1.77. The van der Waals surface area contributed by atoms with E-state index in [0.717, 1.165) is 20.4 Å². The fraction of sp³-hybridized carbons (Fsp3) is 0.158. The quantitative estimate of drug-likeness (QED) is 0.458. The number of hydrogen-bond acceptors (Lipinski definition) is 4. The molecule has 26 heavy (non-hydrogen) atoms. The van der Waals surface area contributed by atoms with Gasteiger partial charge in [-0.3, -0.25) is 4.79 Å². The predicted molar refractivity (Wildman–Crippen MR) is 115 cm³/mol. The normalized spacial score (nSPS) is 15.6. The summed E-state index contributed by atoms with van der Waals surface area (Å²) in [4.78, 5) is 12.9. The Balaban J connectivity index is 2.03. The van der Waals surface area contributed by atoms with Crippen molar-refractivity contribution >= 4 is 61.9 Å². The van der Waals surface area contributed by atoms with Gasteiger partial charge in [-0.2, -0.15) is 10.1 Å². The maximum absolute atomic E-state index is 12.9. The number of benzene rings is 2. The van der Waals surface area contributed by atoms with Crippen LogP contribution in [0.3, 0.4) is 0 Å². The standard InChI is InChI=1S/C19H16BrIN2O3/c1-10-4-6-13(7-5-10)23-19(25)14(11(2)22-23)8-12-9-15(26-3)18(24)16(20)17(12)21/h4-9,24H,1-3H3/b14-8+. The van der Waals surface area contributed by atoms with Gasteiger partial charge in [-0.25, -0.2) is 0 Å². The number of nitrogens with zero attached hydrogens (tertiary/aromatic N) is 2. The number of carbonyl (C=O) groups excluding carboxylic acids is 1. The van der Waals surface area contributed by atoms with Crippen molar-refractivity contribution in [2.24, 2.45) is 5.10 Å². The zero-order valence-corrected chi connectivity index (χ0v) is 18.1. The van der Waals surface area contributed by atoms with Crippen molar-refractivity contribution in [2.75, 3.05) is 12.1 Å². The molecule has 1 N–H and O–H groups in total. The lowest BCUT2D eigenvalue weighted by molar-refractivity contribution is -0.114. The Morgan fingerprint density at radius 1 is 1.27 bits per heavy atom. The van der Waals surface area contributed by atoms with Crippen LogP contribution in [-0.4, -0.2) is 23.8 Å². The smallest absolute Gasteiger partial charge is 0.280 e. The van der Waals surface area contributed by atoms with Crippen molar-refractivity contribution in [2.45, 2.75) is 13.8 Å². The van der Waals surface area contributed by atoms with Crippen LogP contribution in [0.1, 0.15) is 18.1 Å². The van der Waals surface area contributed by atoms with E-state index in [-0.39, 0.29) is 11.7 Å². The number of rotatable bonds is 3. The van der Waals surface area contributed by atoms with Crippen LogP contribution in [0.5, 0.6) is 11.5 Å². The van der Waals surface area contributed by atoms with Crippen molar-refractivity contribution in [1.82, 2.24) is 0 Å². The van der Waals surface area contributed by atoms with Gasteiger partial charge in [0.15, 0.2) is 11.5 Å². The Morgan fingerprint density at radius 3 is 2.54 bits per heavy atom. The maximum Gasteiger partial charge on any atom is 0.280 e. The maximum atomic E-state index is 12.9. The molecule has 0 radical (unpaired) electrons. The van der Waals surface area contributed by atoms with Crippen LogP contribution in [0.4, 0.5) is 5.69 Å². The van der Waals surface area contributed by atoms with Crippen molar-refractivity contribution in [3.05, 3.63) is 55.1 Å². The van der Waals surface area contributed by atoms with Crippen LogP contribution in [-0.2, 0) is 4.79 Å². The second-order valence-electron chi connectivity index (χ2n) is 5.84. The second kappa shape index (κ2) is 7.40. The fourth-order valence-electron chi connectivity index (χ4n) is 2.57. The highest BCUT2D eigenvalue weighted by Gasteiger charge is 2.29. The molecule has 2 aromatic rings. The van der Waals surface area contributed by atoms with Gasteiger partial charge in [-0.05, 0) is 82.2 Å². The summed E-state index contributed by atoms with van der Waals surface area (Å²) in [6, 6.07) is 9.33. The van der Waals surface area contributed by atoms with Gasteiger partial charge in [-0.15, -0.1) is 0 Å². The molecule has 0 aromatic heterocycles. The highest BCUT2D eigenvalue weighted by Crippen LogP contribution is 2.40. The first-order valence-electron chi connectivity index (χ1n) is 7.76. The van der Waals surface area contributed by atoms with Crippen molar-refractivity contribution in [1.29, 1.82) is 0 Å². The highest BCUT2D eigenvalue weighted by atomic mass is 127. The number of phenols is 1. The van der Waals surface area contributed by atoms with Crippen molar-refractivity contribution in [3.8, 4) is 11.5 Å². The van der Waals surface area contributed by atoms with E-state index in [4.69, 9.17) is 4.74 Å². The number of aromatic hydroxyl groups is 1. The predicted octanol–water partition coefficient (Wildman–Crippen LogP) is 4.88. The molecule has 0 unspecified atom stereocenters. The number of aryl methyl sites for hydroxylation is 1. The van der Waals surface area contributed by atoms with Crippen molar-refractivity contribution in [3.63, 3.8) is 0 Å². The zero-order valence-electron chi connectivity index (χ0n) is 14.4. The van der Waals surface area contributed by atoms with E-state index in [1.807, 2.05) is 31.2 Å². The minimum Gasteiger partial charge on any atom is -0.503 e. The summed E-state index contributed by atoms with van der Waals surface area (Å²) >= 11 is 5.48. The SMILES string of the molecule is COc1cc(/C=C2/C(=O)N(c3ccc(C)cc3)N=C2C)c(I)c(Br)c1O. The lowest BCUT2D eigenvalue weighted by Crippen LogP contribution is -2.21. The van der Waals surface area contributed by atoms with Crippen molar-refractivity contribution < 1.29 is 14.6 Å². The number of amides is 1. The monoisotopic (exact) mass is 526 g/mol. The van der Waals surface area contributed by atoms with Gasteiger partial charge in [0.05, 0.1) is 28.6 Å². The number of halogens is 2. The van der Waals surface area contributed by atoms with E-state index in [1.54, 1.807) is 19.1 Å². The van der Waals surface area contributed by atoms with E-state index in [9.17, 15) is 9.90 Å². The molecular formula is C19H16BrIN2O3. The van der Waals surface area contributed by atoms with Crippen LogP contribution >= 0.6 is 38.5 Å². The van der Waals surface area contributed by atoms with E-state index < -0.39 is 0 Å². The lowest BCUT2D eigenvalue weighted by Gasteiger charge is -2.12. The first-order valence-corrected chi connectivity index (χ1v) is 9.64. The van der Waals surface area contributed by atoms with E-state index in [1.165, 1.54) is 12.1 Å². The van der Waals surface area contributed by atoms with Gasteiger partial charge in [0.25, 0.3) is 5.91 Å². The number of hydrazone groups is 1. The molecular weight excluding hydrogens is 511 g/mol. The average molecular weight is 527 g/mol. The van der Waals surface area contributed by atoms with Gasteiger partial charge in [-0.1, -0.05) is 17.7 Å². The highest BCUT2D eigenvalue weighted by molar-refractivity contribution is 14.1. The van der Waals surface area contributed by atoms with Gasteiger partial charge in [0.1, 0.15) is 0 Å². The molecule has 0 aliphatic carbocycles. The number of ether oxygens (including phenoxy) is 1. The molecule has 1 amide bonds. The summed E-state index contributed by atoms with van der Waals surface area (Å²) < 4.78 is 6.51. The van der Waals surface area contributed by atoms with Crippen LogP contribution in [0.15, 0.2) is 45.5 Å². The Labute approximate surface area is 173 Å². The zero-order chi connectivity index (χ0) is 19.0. The Morgan fingerprint density at radius 2 is 1.92 bits per heavy atom. The van der Waals surface area contributed by atoms with Crippen LogP contribution < -0.4 is 9.75 Å². The third kappa shape index (κ3) is 3.37. The Bertz CT molecular complexity index is 952. The Hall–Kier alpha value is -1.87. The first kappa shape index (κ1) is 18.9. The second-order valence-corrected chi connectivity index (χ2v) is 7.71. The molecule has 1 aliphatic heterocycles. The summed E-state index contributed by atoms with van der Waals surface area (Å²) in [5.74, 6) is 0.174. The summed E-state index contributed by atoms with van der Waals surface area (Å²) in [7, 11) is 1.48. The molecule has 0 spiro atoms. The summed E-state index contributed by atoms with van der Waals surface area (Å²) in [5, 5.41) is 15.9. The largest absolute Gasteiger partial charge is 0.503 e. The molecule has 134 valence electrons. The molecule has 7 heteroatoms. The first-order chi connectivity index (χ1) is 12.3.